The van der Waals surface area contributed by atoms with Crippen molar-refractivity contribution in [1.82, 2.24) is 9.62 Å². The highest BCUT2D eigenvalue weighted by atomic mass is 35.5. The van der Waals surface area contributed by atoms with Crippen LogP contribution in [0.4, 0.5) is 17.6 Å². The summed E-state index contributed by atoms with van der Waals surface area (Å²) in [7, 11) is 0. The summed E-state index contributed by atoms with van der Waals surface area (Å²) in [6.45, 7) is 0.475. The van der Waals surface area contributed by atoms with E-state index < -0.39 is 29.7 Å². The van der Waals surface area contributed by atoms with Crippen molar-refractivity contribution in [2.75, 3.05) is 19.3 Å². The molecule has 3 rings (SSSR count). The van der Waals surface area contributed by atoms with Gasteiger partial charge in [-0.3, -0.25) is 14.3 Å². The van der Waals surface area contributed by atoms with Crippen LogP contribution < -0.4 is 9.46 Å². The lowest BCUT2D eigenvalue weighted by Crippen LogP contribution is -2.48. The first-order valence-corrected chi connectivity index (χ1v) is 10.6. The number of hydrogen-bond acceptors (Lipinski definition) is 4. The van der Waals surface area contributed by atoms with Crippen LogP contribution in [0.3, 0.4) is 0 Å². The molecule has 5 nitrogen and oxygen atoms in total. The molecule has 0 aliphatic carbocycles. The Hall–Kier alpha value is -2.17. The molecule has 31 heavy (non-hydrogen) atoms. The molecule has 1 saturated heterocycles. The molecule has 0 unspecified atom stereocenters. The van der Waals surface area contributed by atoms with Gasteiger partial charge in [-0.2, -0.15) is 0 Å². The molecule has 0 bridgehead atoms. The van der Waals surface area contributed by atoms with Crippen LogP contribution in [0.2, 0.25) is 10.0 Å². The zero-order chi connectivity index (χ0) is 22.9. The summed E-state index contributed by atoms with van der Waals surface area (Å²) >= 11 is 12.9. The fourth-order valence-electron chi connectivity index (χ4n) is 3.04. The lowest BCUT2D eigenvalue weighted by atomic mass is 9.90. The zero-order valence-electron chi connectivity index (χ0n) is 15.7. The van der Waals surface area contributed by atoms with Crippen molar-refractivity contribution in [2.45, 2.75) is 12.3 Å². The molecule has 1 aliphatic heterocycles. The lowest BCUT2D eigenvalue weighted by molar-refractivity contribution is -0.274. The number of alkyl halides is 3. The summed E-state index contributed by atoms with van der Waals surface area (Å²) < 4.78 is 57.5. The normalized spacial score (nSPS) is 14.2. The van der Waals surface area contributed by atoms with Crippen LogP contribution in [-0.4, -0.2) is 42.4 Å². The Labute approximate surface area is 188 Å². The molecule has 2 amide bonds. The van der Waals surface area contributed by atoms with E-state index >= 15 is 0 Å². The first-order chi connectivity index (χ1) is 14.5. The number of ether oxygens (including phenoxy) is 1. The van der Waals surface area contributed by atoms with Gasteiger partial charge in [0.05, 0.1) is 21.2 Å². The molecule has 0 spiro atoms. The van der Waals surface area contributed by atoms with Crippen molar-refractivity contribution in [3.63, 3.8) is 0 Å². The van der Waals surface area contributed by atoms with Gasteiger partial charge < -0.3 is 9.64 Å². The van der Waals surface area contributed by atoms with Gasteiger partial charge in [0.2, 0.25) is 0 Å². The third-order valence-corrected chi connectivity index (χ3v) is 5.55. The summed E-state index contributed by atoms with van der Waals surface area (Å²) in [4.78, 5) is 25.9. The van der Waals surface area contributed by atoms with E-state index in [9.17, 15) is 27.2 Å². The van der Waals surface area contributed by atoms with Gasteiger partial charge in [-0.15, -0.1) is 13.2 Å². The van der Waals surface area contributed by atoms with Gasteiger partial charge in [0.25, 0.3) is 11.8 Å². The van der Waals surface area contributed by atoms with Crippen LogP contribution in [0, 0.1) is 5.82 Å². The second kappa shape index (κ2) is 9.13. The number of nitrogens with one attached hydrogen (secondary N) is 1. The molecule has 166 valence electrons. The minimum absolute atomic E-state index is 0.0715. The number of nitrogens with zero attached hydrogens (tertiary/aromatic N) is 1. The molecule has 0 aromatic heterocycles. The quantitative estimate of drug-likeness (QED) is 0.452. The number of rotatable bonds is 5. The zero-order valence-corrected chi connectivity index (χ0v) is 18.1. The molecular weight excluding hydrogens is 483 g/mol. The van der Waals surface area contributed by atoms with E-state index in [0.717, 1.165) is 30.1 Å². The van der Waals surface area contributed by atoms with Crippen LogP contribution in [-0.2, 0) is 0 Å². The Morgan fingerprint density at radius 3 is 2.39 bits per heavy atom. The summed E-state index contributed by atoms with van der Waals surface area (Å²) in [5.41, 5.74) is 0.253. The van der Waals surface area contributed by atoms with E-state index in [1.54, 1.807) is 6.26 Å². The predicted octanol–water partition coefficient (Wildman–Crippen LogP) is 5.28. The average Bonchev–Trinajstić information content (AvgIpc) is 2.63. The van der Waals surface area contributed by atoms with Gasteiger partial charge in [-0.05, 0) is 29.8 Å². The number of carbonyl (C=O) groups is 2. The largest absolute Gasteiger partial charge is 0.573 e. The fourth-order valence-corrected chi connectivity index (χ4v) is 3.80. The topological polar surface area (TPSA) is 58.6 Å². The molecule has 1 heterocycles. The molecule has 0 atom stereocenters. The highest BCUT2D eigenvalue weighted by molar-refractivity contribution is 7.97. The van der Waals surface area contributed by atoms with Crippen LogP contribution in [0.25, 0.3) is 0 Å². The molecule has 0 saturated carbocycles. The van der Waals surface area contributed by atoms with Gasteiger partial charge in [-0.25, -0.2) is 4.39 Å². The molecule has 1 aliphatic rings. The maximum atomic E-state index is 14.3. The summed E-state index contributed by atoms with van der Waals surface area (Å²) in [6, 6.07) is 5.89. The summed E-state index contributed by atoms with van der Waals surface area (Å²) in [5.74, 6) is -2.78. The minimum atomic E-state index is -4.86. The first kappa shape index (κ1) is 23.5. The maximum absolute atomic E-state index is 14.3. The van der Waals surface area contributed by atoms with Crippen molar-refractivity contribution < 1.29 is 31.9 Å². The van der Waals surface area contributed by atoms with Crippen molar-refractivity contribution in [3.8, 4) is 5.75 Å². The molecule has 2 aromatic rings. The Bertz CT molecular complexity index is 1030. The highest BCUT2D eigenvalue weighted by Gasteiger charge is 2.35. The first-order valence-electron chi connectivity index (χ1n) is 8.67. The van der Waals surface area contributed by atoms with Gasteiger partial charge in [0, 0.05) is 25.3 Å². The van der Waals surface area contributed by atoms with E-state index in [2.05, 4.69) is 9.46 Å². The van der Waals surface area contributed by atoms with Gasteiger partial charge in [-0.1, -0.05) is 41.2 Å². The Morgan fingerprint density at radius 2 is 1.81 bits per heavy atom. The van der Waals surface area contributed by atoms with Crippen molar-refractivity contribution in [3.05, 3.63) is 62.9 Å². The molecule has 1 N–H and O–H groups in total. The molecule has 1 fully saturated rings. The third-order valence-electron chi connectivity index (χ3n) is 4.55. The van der Waals surface area contributed by atoms with Crippen LogP contribution in [0.5, 0.6) is 5.75 Å². The number of likely N-dealkylation sites (tertiary alicyclic amines) is 1. The number of carbonyl (C=O) groups excluding carboxylic acids is 2. The number of amides is 2. The number of benzene rings is 2. The second-order valence-electron chi connectivity index (χ2n) is 6.59. The van der Waals surface area contributed by atoms with E-state index in [1.165, 1.54) is 17.0 Å². The van der Waals surface area contributed by atoms with Gasteiger partial charge in [0.15, 0.2) is 0 Å². The van der Waals surface area contributed by atoms with Gasteiger partial charge >= 0.3 is 6.36 Å². The van der Waals surface area contributed by atoms with Crippen molar-refractivity contribution in [1.29, 1.82) is 0 Å². The smallest absolute Gasteiger partial charge is 0.404 e. The minimum Gasteiger partial charge on any atom is -0.404 e. The van der Waals surface area contributed by atoms with Gasteiger partial charge in [0.1, 0.15) is 11.6 Å². The van der Waals surface area contributed by atoms with Crippen LogP contribution >= 0.6 is 35.1 Å². The maximum Gasteiger partial charge on any atom is 0.573 e. The van der Waals surface area contributed by atoms with Crippen molar-refractivity contribution in [2.24, 2.45) is 0 Å². The summed E-state index contributed by atoms with van der Waals surface area (Å²) in [6.07, 6.45) is -3.26. The standard InChI is InChI=1S/C19H14Cl2F4N2O3S/c1-31-26-17(28)12-5-13(20)11(6-15(12)22)18(29)27-7-10(8-27)9-2-3-16(14(21)4-9)30-19(23,24)25/h2-6,10H,7-8H2,1H3,(H,26,28). The number of halogens is 6. The van der Waals surface area contributed by atoms with Crippen molar-refractivity contribution >= 4 is 47.0 Å². The molecule has 2 aromatic carbocycles. The van der Waals surface area contributed by atoms with Crippen LogP contribution in [0.15, 0.2) is 30.3 Å². The van der Waals surface area contributed by atoms with E-state index in [-0.39, 0.29) is 40.2 Å². The highest BCUT2D eigenvalue weighted by Crippen LogP contribution is 2.36. The van der Waals surface area contributed by atoms with Crippen LogP contribution in [0.1, 0.15) is 32.2 Å². The molecule has 12 heteroatoms. The SMILES string of the molecule is CSNC(=O)c1cc(Cl)c(C(=O)N2CC(c3ccc(OC(F)(F)F)c(Cl)c3)C2)cc1F. The third kappa shape index (κ3) is 5.36. The molecule has 0 radical (unpaired) electrons. The predicted molar refractivity (Wildman–Crippen MR) is 109 cm³/mol. The Balaban J connectivity index is 1.69. The Morgan fingerprint density at radius 1 is 1.13 bits per heavy atom. The Kier molecular flexibility index (Phi) is 6.92. The second-order valence-corrected chi connectivity index (χ2v) is 8.02. The monoisotopic (exact) mass is 496 g/mol. The number of hydrogen-bond donors (Lipinski definition) is 1. The lowest BCUT2D eigenvalue weighted by Gasteiger charge is -2.40. The summed E-state index contributed by atoms with van der Waals surface area (Å²) in [5, 5.41) is -0.276. The van der Waals surface area contributed by atoms with E-state index in [0.29, 0.717) is 5.56 Å². The van der Waals surface area contributed by atoms with E-state index in [1.807, 2.05) is 0 Å². The molecular formula is C19H14Cl2F4N2O3S. The fraction of sp³-hybridized carbons (Fsp3) is 0.263. The average molecular weight is 497 g/mol. The van der Waals surface area contributed by atoms with E-state index in [4.69, 9.17) is 23.2 Å².